The van der Waals surface area contributed by atoms with Crippen molar-refractivity contribution in [2.24, 2.45) is 0 Å². The zero-order chi connectivity index (χ0) is 24.7. The summed E-state index contributed by atoms with van der Waals surface area (Å²) in [5, 5.41) is 14.4. The fraction of sp³-hybridized carbons (Fsp3) is 0.609. The van der Waals surface area contributed by atoms with Crippen LogP contribution in [-0.2, 0) is 19.1 Å². The zero-order valence-corrected chi connectivity index (χ0v) is 20.3. The first-order valence-corrected chi connectivity index (χ1v) is 10.2. The molecule has 0 spiro atoms. The predicted octanol–water partition coefficient (Wildman–Crippen LogP) is 2.74. The van der Waals surface area contributed by atoms with Gasteiger partial charge in [0.15, 0.2) is 0 Å². The molecule has 0 saturated carbocycles. The predicted molar refractivity (Wildman–Crippen MR) is 124 cm³/mol. The molecule has 8 nitrogen and oxygen atoms in total. The molecule has 2 N–H and O–H groups in total. The van der Waals surface area contributed by atoms with E-state index in [2.05, 4.69) is 38.1 Å². The monoisotopic (exact) mass is 442 g/mol. The van der Waals surface area contributed by atoms with Crippen molar-refractivity contribution in [2.45, 2.75) is 46.5 Å². The van der Waals surface area contributed by atoms with Gasteiger partial charge >= 0.3 is 0 Å². The van der Waals surface area contributed by atoms with Crippen molar-refractivity contribution >= 4 is 18.3 Å². The number of hydrogen-bond acceptors (Lipinski definition) is 5. The van der Waals surface area contributed by atoms with E-state index in [0.717, 1.165) is 53.0 Å². The maximum absolute atomic E-state index is 10.5. The second-order valence-corrected chi connectivity index (χ2v) is 6.91. The first-order chi connectivity index (χ1) is 14.6. The molecule has 0 bridgehead atoms. The normalized spacial score (nSPS) is 13.2. The van der Waals surface area contributed by atoms with Gasteiger partial charge in [-0.05, 0) is 44.2 Å². The highest BCUT2D eigenvalue weighted by atomic mass is 16.5. The molecule has 0 atom stereocenters. The summed E-state index contributed by atoms with van der Waals surface area (Å²) in [5.74, 6) is -0.542. The Morgan fingerprint density at radius 3 is 1.58 bits per heavy atom. The number of carboxylic acids is 1. The maximum Gasteiger partial charge on any atom is 0.300 e. The standard InChI is InChI=1S/C8H10.C5H9NO.C4H8O.C3H7NO.C2H4O2.CH4O/c1-7-5-3-4-6-8(7)2;1-6-4-2-3-5(6)7;1-2-4-5-3-1;1-4(2)3-5;1-2(3)4;1-2/h3-6H,1-2H3;2-4H2,1H3;1-4H2;3H,1-2H3;1H3,(H,3,4);2H,1H3. The number of nitrogens with zero attached hydrogens (tertiary/aromatic N) is 2. The molecule has 2 aliphatic rings. The minimum Gasteiger partial charge on any atom is -0.481 e. The molecule has 2 heterocycles. The van der Waals surface area contributed by atoms with Gasteiger partial charge in [0.2, 0.25) is 12.3 Å². The fourth-order valence-corrected chi connectivity index (χ4v) is 1.96. The molecule has 1 aromatic carbocycles. The Bertz CT molecular complexity index is 542. The summed E-state index contributed by atoms with van der Waals surface area (Å²) in [7, 11) is 6.22. The van der Waals surface area contributed by atoms with Gasteiger partial charge in [-0.1, -0.05) is 24.3 Å². The Morgan fingerprint density at radius 2 is 1.45 bits per heavy atom. The molecule has 0 radical (unpaired) electrons. The number of aryl methyl sites for hydroxylation is 2. The molecular weight excluding hydrogens is 400 g/mol. The highest BCUT2D eigenvalue weighted by Gasteiger charge is 2.14. The molecule has 8 heteroatoms. The number of ether oxygens (including phenoxy) is 1. The van der Waals surface area contributed by atoms with Crippen LogP contribution in [0.15, 0.2) is 24.3 Å². The second-order valence-electron chi connectivity index (χ2n) is 6.91. The number of aliphatic hydroxyl groups is 1. The van der Waals surface area contributed by atoms with E-state index in [1.165, 1.54) is 28.9 Å². The molecule has 2 fully saturated rings. The highest BCUT2D eigenvalue weighted by molar-refractivity contribution is 5.77. The number of likely N-dealkylation sites (tertiary alicyclic amines) is 1. The van der Waals surface area contributed by atoms with E-state index in [1.807, 2.05) is 7.05 Å². The number of aliphatic hydroxyl groups excluding tert-OH is 1. The molecule has 3 rings (SSSR count). The number of carbonyl (C=O) groups is 3. The van der Waals surface area contributed by atoms with Gasteiger partial charge in [0.05, 0.1) is 0 Å². The summed E-state index contributed by atoms with van der Waals surface area (Å²) in [6.45, 7) is 8.28. The third-order valence-corrected chi connectivity index (χ3v) is 3.77. The molecular formula is C23H42N2O6. The van der Waals surface area contributed by atoms with Crippen LogP contribution in [0, 0.1) is 13.8 Å². The van der Waals surface area contributed by atoms with Gasteiger partial charge in [0.1, 0.15) is 0 Å². The van der Waals surface area contributed by atoms with Crippen LogP contribution in [0.25, 0.3) is 0 Å². The van der Waals surface area contributed by atoms with Crippen LogP contribution in [-0.4, -0.2) is 86.3 Å². The Balaban J connectivity index is -0.000000317. The second kappa shape index (κ2) is 23.8. The zero-order valence-electron chi connectivity index (χ0n) is 20.3. The van der Waals surface area contributed by atoms with E-state index in [4.69, 9.17) is 19.7 Å². The van der Waals surface area contributed by atoms with Crippen molar-refractivity contribution < 1.29 is 29.3 Å². The lowest BCUT2D eigenvalue weighted by molar-refractivity contribution is -0.134. The molecule has 0 aromatic heterocycles. The number of aliphatic carboxylic acids is 1. The number of rotatable bonds is 1. The first-order valence-electron chi connectivity index (χ1n) is 10.2. The lowest BCUT2D eigenvalue weighted by Gasteiger charge is -2.03. The maximum atomic E-state index is 10.5. The first kappa shape index (κ1) is 33.2. The summed E-state index contributed by atoms with van der Waals surface area (Å²) < 4.78 is 4.94. The molecule has 0 unspecified atom stereocenters. The van der Waals surface area contributed by atoms with Crippen molar-refractivity contribution in [3.05, 3.63) is 35.4 Å². The summed E-state index contributed by atoms with van der Waals surface area (Å²) in [4.78, 5) is 32.1. The van der Waals surface area contributed by atoms with Gasteiger partial charge in [-0.2, -0.15) is 0 Å². The Kier molecular flexibility index (Phi) is 25.5. The smallest absolute Gasteiger partial charge is 0.300 e. The van der Waals surface area contributed by atoms with Crippen molar-refractivity contribution in [3.63, 3.8) is 0 Å². The van der Waals surface area contributed by atoms with Crippen LogP contribution >= 0.6 is 0 Å². The van der Waals surface area contributed by atoms with E-state index in [1.54, 1.807) is 19.0 Å². The molecule has 31 heavy (non-hydrogen) atoms. The number of hydrogen-bond donors (Lipinski definition) is 2. The van der Waals surface area contributed by atoms with E-state index in [9.17, 15) is 9.59 Å². The van der Waals surface area contributed by atoms with Gasteiger partial charge in [0.25, 0.3) is 5.97 Å². The van der Waals surface area contributed by atoms with E-state index in [-0.39, 0.29) is 0 Å². The van der Waals surface area contributed by atoms with Crippen molar-refractivity contribution in [1.29, 1.82) is 0 Å². The van der Waals surface area contributed by atoms with Gasteiger partial charge in [-0.3, -0.25) is 14.4 Å². The van der Waals surface area contributed by atoms with E-state index >= 15 is 0 Å². The van der Waals surface area contributed by atoms with Gasteiger partial charge in [0, 0.05) is 61.4 Å². The van der Waals surface area contributed by atoms with Crippen molar-refractivity contribution in [2.75, 3.05) is 48.0 Å². The molecule has 1 aromatic rings. The molecule has 0 aliphatic carbocycles. The Hall–Kier alpha value is -2.45. The van der Waals surface area contributed by atoms with E-state index in [0.29, 0.717) is 5.91 Å². The fourth-order valence-electron chi connectivity index (χ4n) is 1.96. The average Bonchev–Trinajstić information content (AvgIpc) is 3.42. The lowest BCUT2D eigenvalue weighted by atomic mass is 10.1. The number of carbonyl (C=O) groups excluding carboxylic acids is 2. The summed E-state index contributed by atoms with van der Waals surface area (Å²) >= 11 is 0. The SMILES string of the molecule is C1CCOC1.CC(=O)O.CN(C)C=O.CN1CCCC1=O.CO.Cc1ccccc1C. The van der Waals surface area contributed by atoms with Crippen LogP contribution in [0.3, 0.4) is 0 Å². The quantitative estimate of drug-likeness (QED) is 0.648. The number of amides is 2. The topological polar surface area (TPSA) is 107 Å². The Morgan fingerprint density at radius 1 is 1.06 bits per heavy atom. The molecule has 2 saturated heterocycles. The average molecular weight is 443 g/mol. The van der Waals surface area contributed by atoms with Gasteiger partial charge in [-0.15, -0.1) is 0 Å². The molecule has 2 aliphatic heterocycles. The minimum absolute atomic E-state index is 0.292. The van der Waals surface area contributed by atoms with Crippen molar-refractivity contribution in [3.8, 4) is 0 Å². The van der Waals surface area contributed by atoms with Crippen LogP contribution in [0.1, 0.15) is 43.7 Å². The summed E-state index contributed by atoms with van der Waals surface area (Å²) in [6, 6.07) is 8.36. The Labute approximate surface area is 187 Å². The molecule has 180 valence electrons. The number of carboxylic acid groups (broad SMARTS) is 1. The highest BCUT2D eigenvalue weighted by Crippen LogP contribution is 2.05. The van der Waals surface area contributed by atoms with Crippen LogP contribution in [0.5, 0.6) is 0 Å². The van der Waals surface area contributed by atoms with Crippen molar-refractivity contribution in [1.82, 2.24) is 9.80 Å². The largest absolute Gasteiger partial charge is 0.481 e. The third-order valence-electron chi connectivity index (χ3n) is 3.77. The van der Waals surface area contributed by atoms with E-state index < -0.39 is 5.97 Å². The minimum atomic E-state index is -0.833. The van der Waals surface area contributed by atoms with Crippen LogP contribution in [0.4, 0.5) is 0 Å². The lowest BCUT2D eigenvalue weighted by Crippen LogP contribution is -2.17. The van der Waals surface area contributed by atoms with Crippen LogP contribution in [0.2, 0.25) is 0 Å². The van der Waals surface area contributed by atoms with Crippen LogP contribution < -0.4 is 0 Å². The summed E-state index contributed by atoms with van der Waals surface area (Å²) in [6.07, 6.45) is 5.12. The third kappa shape index (κ3) is 27.6. The number of benzene rings is 1. The van der Waals surface area contributed by atoms with Gasteiger partial charge < -0.3 is 24.7 Å². The van der Waals surface area contributed by atoms with Gasteiger partial charge in [-0.25, -0.2) is 0 Å². The molecule has 2 amide bonds. The summed E-state index contributed by atoms with van der Waals surface area (Å²) in [5.41, 5.74) is 2.74.